The largest absolute Gasteiger partial charge is 0.368 e. The molecular weight excluding hydrogens is 608 g/mol. The summed E-state index contributed by atoms with van der Waals surface area (Å²) in [5, 5.41) is 15.7. The quantitative estimate of drug-likeness (QED) is 0.234. The number of nitrogens with two attached hydrogens (primary N) is 1. The van der Waals surface area contributed by atoms with E-state index >= 15 is 0 Å². The maximum Gasteiger partial charge on any atom is 0.232 e. The smallest absolute Gasteiger partial charge is 0.232 e. The number of nitrogens with zero attached hydrogens (tertiary/aromatic N) is 5. The van der Waals surface area contributed by atoms with E-state index in [1.165, 1.54) is 0 Å². The van der Waals surface area contributed by atoms with Crippen LogP contribution in [-0.4, -0.2) is 83.4 Å². The van der Waals surface area contributed by atoms with Gasteiger partial charge in [-0.25, -0.2) is 0 Å². The van der Waals surface area contributed by atoms with Crippen molar-refractivity contribution < 1.29 is 0 Å². The Balaban J connectivity index is 1.68. The normalized spacial score (nSPS) is 29.3. The highest BCUT2D eigenvalue weighted by Gasteiger charge is 2.49. The van der Waals surface area contributed by atoms with Gasteiger partial charge in [-0.05, 0) is 162 Å². The van der Waals surface area contributed by atoms with Crippen molar-refractivity contribution in [1.29, 1.82) is 0 Å². The molecule has 0 aromatic carbocycles. The van der Waals surface area contributed by atoms with Gasteiger partial charge in [0, 0.05) is 68.5 Å². The van der Waals surface area contributed by atoms with Crippen molar-refractivity contribution in [2.24, 2.45) is 0 Å². The average Bonchev–Trinajstić information content (AvgIpc) is 2.76. The Bertz CT molecular complexity index is 1120. The van der Waals surface area contributed by atoms with Gasteiger partial charge in [0.25, 0.3) is 0 Å². The van der Waals surface area contributed by atoms with Gasteiger partial charge in [-0.15, -0.1) is 0 Å². The summed E-state index contributed by atoms with van der Waals surface area (Å²) in [6.07, 6.45) is 7.99. The lowest BCUT2D eigenvalue weighted by Gasteiger charge is -2.56. The Hall–Kier alpha value is -1.75. The number of aromatic nitrogens is 3. The first-order valence-corrected chi connectivity index (χ1v) is 19.2. The summed E-state index contributed by atoms with van der Waals surface area (Å²) >= 11 is 0. The number of nitrogens with one attached hydrogen (secondary N) is 4. The molecule has 5 heterocycles. The summed E-state index contributed by atoms with van der Waals surface area (Å²) in [7, 11) is 0. The summed E-state index contributed by atoms with van der Waals surface area (Å²) in [5.74, 6) is 1.80. The molecule has 4 aliphatic rings. The molecule has 10 heteroatoms. The van der Waals surface area contributed by atoms with Gasteiger partial charge >= 0.3 is 0 Å². The molecule has 0 radical (unpaired) electrons. The number of nitrogen functional groups attached to an aromatic ring is 1. The molecule has 0 amide bonds. The fourth-order valence-electron chi connectivity index (χ4n) is 11.7. The minimum Gasteiger partial charge on any atom is -0.368 e. The van der Waals surface area contributed by atoms with Gasteiger partial charge < -0.3 is 36.8 Å². The summed E-state index contributed by atoms with van der Waals surface area (Å²) in [4.78, 5) is 20.9. The standard InChI is InChI=1S/C39H74N10/c1-32(2)17-25(18-33(3,4)44-32)48(26-19-34(5,6)45-35(7,8)20-26)30-41-29(40)42-31(43-30)49(27-21-36(9,10)46-37(11,12)22-27)28-23-38(13,14)47-39(15,16)24-28/h25-28,44-47H,17-24H2,1-16H3,(H2,40,41,42,43). The van der Waals surface area contributed by atoms with Crippen molar-refractivity contribution >= 4 is 17.8 Å². The molecular formula is C39H74N10. The molecule has 4 saturated heterocycles. The van der Waals surface area contributed by atoms with Crippen LogP contribution in [0.1, 0.15) is 162 Å². The molecule has 0 aliphatic carbocycles. The molecule has 6 N–H and O–H groups in total. The number of hydrogen-bond acceptors (Lipinski definition) is 10. The summed E-state index contributed by atoms with van der Waals surface area (Å²) < 4.78 is 0. The highest BCUT2D eigenvalue weighted by Crippen LogP contribution is 2.43. The predicted molar refractivity (Wildman–Crippen MR) is 206 cm³/mol. The lowest BCUT2D eigenvalue weighted by atomic mass is 9.75. The van der Waals surface area contributed by atoms with E-state index in [4.69, 9.17) is 20.7 Å². The van der Waals surface area contributed by atoms with Crippen molar-refractivity contribution in [3.05, 3.63) is 0 Å². The molecule has 4 fully saturated rings. The first-order valence-electron chi connectivity index (χ1n) is 19.2. The van der Waals surface area contributed by atoms with Crippen LogP contribution in [0.4, 0.5) is 17.8 Å². The maximum absolute atomic E-state index is 6.81. The van der Waals surface area contributed by atoms with E-state index in [1.807, 2.05) is 0 Å². The molecule has 280 valence electrons. The molecule has 1 aromatic rings. The average molecular weight is 683 g/mol. The van der Waals surface area contributed by atoms with Crippen molar-refractivity contribution in [3.8, 4) is 0 Å². The minimum absolute atomic E-state index is 0.0332. The number of anilines is 3. The van der Waals surface area contributed by atoms with Crippen molar-refractivity contribution in [2.45, 2.75) is 231 Å². The third kappa shape index (κ3) is 9.38. The lowest BCUT2D eigenvalue weighted by Crippen LogP contribution is -2.67. The van der Waals surface area contributed by atoms with Gasteiger partial charge in [0.15, 0.2) is 0 Å². The molecule has 10 nitrogen and oxygen atoms in total. The van der Waals surface area contributed by atoms with E-state index in [0.29, 0.717) is 5.95 Å². The fraction of sp³-hybridized carbons (Fsp3) is 0.923. The van der Waals surface area contributed by atoms with Crippen molar-refractivity contribution in [1.82, 2.24) is 36.2 Å². The van der Waals surface area contributed by atoms with E-state index in [-0.39, 0.29) is 68.5 Å². The zero-order chi connectivity index (χ0) is 36.8. The SMILES string of the molecule is CC1(C)CC(N(c2nc(N)nc(N(C3CC(C)(C)NC(C)(C)C3)C3CC(C)(C)NC(C)(C)C3)n2)C2CC(C)(C)NC(C)(C)C2)CC(C)(C)N1. The van der Waals surface area contributed by atoms with Gasteiger partial charge in [0.2, 0.25) is 17.8 Å². The second-order valence-electron chi connectivity index (χ2n) is 21.9. The van der Waals surface area contributed by atoms with Crippen LogP contribution in [0.25, 0.3) is 0 Å². The molecule has 1 aromatic heterocycles. The second-order valence-corrected chi connectivity index (χ2v) is 21.9. The summed E-state index contributed by atoms with van der Waals surface area (Å²) in [5.41, 5.74) is 6.55. The highest BCUT2D eigenvalue weighted by atomic mass is 15.4. The Morgan fingerprint density at radius 1 is 0.388 bits per heavy atom. The molecule has 0 atom stereocenters. The van der Waals surface area contributed by atoms with Gasteiger partial charge in [0.05, 0.1) is 0 Å². The van der Waals surface area contributed by atoms with E-state index < -0.39 is 0 Å². The van der Waals surface area contributed by atoms with E-state index in [2.05, 4.69) is 142 Å². The Labute approximate surface area is 299 Å². The van der Waals surface area contributed by atoms with E-state index in [9.17, 15) is 0 Å². The van der Waals surface area contributed by atoms with Crippen LogP contribution in [0, 0.1) is 0 Å². The van der Waals surface area contributed by atoms with Gasteiger partial charge in [0.1, 0.15) is 0 Å². The van der Waals surface area contributed by atoms with Crippen molar-refractivity contribution in [3.63, 3.8) is 0 Å². The first-order chi connectivity index (χ1) is 21.9. The van der Waals surface area contributed by atoms with Crippen LogP contribution in [0.15, 0.2) is 0 Å². The third-order valence-corrected chi connectivity index (χ3v) is 11.3. The molecule has 0 unspecified atom stereocenters. The van der Waals surface area contributed by atoms with Crippen LogP contribution < -0.4 is 36.8 Å². The van der Waals surface area contributed by atoms with Crippen molar-refractivity contribution in [2.75, 3.05) is 15.5 Å². The predicted octanol–water partition coefficient (Wildman–Crippen LogP) is 6.30. The summed E-state index contributed by atoms with van der Waals surface area (Å²) in [6, 6.07) is 0.991. The second kappa shape index (κ2) is 12.2. The summed E-state index contributed by atoms with van der Waals surface area (Å²) in [6.45, 7) is 37.4. The number of hydrogen-bond donors (Lipinski definition) is 5. The minimum atomic E-state index is -0.0332. The Kier molecular flexibility index (Phi) is 9.55. The zero-order valence-electron chi connectivity index (χ0n) is 34.3. The Morgan fingerprint density at radius 3 is 0.755 bits per heavy atom. The topological polar surface area (TPSA) is 119 Å². The van der Waals surface area contributed by atoms with Crippen LogP contribution in [-0.2, 0) is 0 Å². The molecule has 5 rings (SSSR count). The third-order valence-electron chi connectivity index (χ3n) is 11.3. The van der Waals surface area contributed by atoms with Gasteiger partial charge in [-0.1, -0.05) is 0 Å². The van der Waals surface area contributed by atoms with Crippen LogP contribution in [0.2, 0.25) is 0 Å². The zero-order valence-corrected chi connectivity index (χ0v) is 34.3. The van der Waals surface area contributed by atoms with Crippen LogP contribution in [0.3, 0.4) is 0 Å². The van der Waals surface area contributed by atoms with Crippen LogP contribution >= 0.6 is 0 Å². The van der Waals surface area contributed by atoms with E-state index in [0.717, 1.165) is 63.3 Å². The van der Waals surface area contributed by atoms with Crippen LogP contribution in [0.5, 0.6) is 0 Å². The van der Waals surface area contributed by atoms with E-state index in [1.54, 1.807) is 0 Å². The molecule has 0 spiro atoms. The monoisotopic (exact) mass is 683 g/mol. The molecule has 0 saturated carbocycles. The molecule has 4 aliphatic heterocycles. The highest BCUT2D eigenvalue weighted by molar-refractivity contribution is 5.48. The first kappa shape index (κ1) is 38.5. The maximum atomic E-state index is 6.81. The fourth-order valence-corrected chi connectivity index (χ4v) is 11.7. The number of piperidine rings is 4. The van der Waals surface area contributed by atoms with Gasteiger partial charge in [-0.3, -0.25) is 0 Å². The molecule has 49 heavy (non-hydrogen) atoms. The van der Waals surface area contributed by atoms with Gasteiger partial charge in [-0.2, -0.15) is 15.0 Å². The lowest BCUT2D eigenvalue weighted by molar-refractivity contribution is 0.122. The number of rotatable bonds is 6. The molecule has 0 bridgehead atoms. The Morgan fingerprint density at radius 2 is 0.571 bits per heavy atom.